The molecule has 0 aliphatic carbocycles. The van der Waals surface area contributed by atoms with Crippen molar-refractivity contribution in [1.29, 1.82) is 0 Å². The number of carbonyl (C=O) groups excluding carboxylic acids is 1. The number of aromatic nitrogens is 1. The Morgan fingerprint density at radius 1 is 1.00 bits per heavy atom. The summed E-state index contributed by atoms with van der Waals surface area (Å²) in [6, 6.07) is 19.7. The highest BCUT2D eigenvalue weighted by Gasteiger charge is 2.08. The zero-order chi connectivity index (χ0) is 20.6. The lowest BCUT2D eigenvalue weighted by Gasteiger charge is -2.10. The number of pyridine rings is 1. The second kappa shape index (κ2) is 9.73. The Balaban J connectivity index is 1.53. The van der Waals surface area contributed by atoms with Gasteiger partial charge in [0.2, 0.25) is 0 Å². The molecule has 3 aromatic rings. The zero-order valence-electron chi connectivity index (χ0n) is 17.1. The predicted molar refractivity (Wildman–Crippen MR) is 117 cm³/mol. The van der Waals surface area contributed by atoms with Crippen LogP contribution in [0.3, 0.4) is 0 Å². The van der Waals surface area contributed by atoms with Gasteiger partial charge in [0.05, 0.1) is 19.0 Å². The van der Waals surface area contributed by atoms with E-state index in [0.717, 1.165) is 22.7 Å². The summed E-state index contributed by atoms with van der Waals surface area (Å²) in [7, 11) is 1.65. The molecule has 0 saturated carbocycles. The Bertz CT molecular complexity index is 935. The summed E-state index contributed by atoms with van der Waals surface area (Å²) in [5.41, 5.74) is 4.59. The molecule has 0 radical (unpaired) electrons. The van der Waals surface area contributed by atoms with E-state index in [1.54, 1.807) is 19.4 Å². The molecule has 2 aromatic carbocycles. The molecule has 29 heavy (non-hydrogen) atoms. The van der Waals surface area contributed by atoms with Gasteiger partial charge < -0.3 is 15.4 Å². The first kappa shape index (κ1) is 20.4. The number of ether oxygens (including phenoxy) is 1. The van der Waals surface area contributed by atoms with Crippen molar-refractivity contribution in [2.45, 2.75) is 26.2 Å². The van der Waals surface area contributed by atoms with Gasteiger partial charge in [0.15, 0.2) is 0 Å². The third-order valence-corrected chi connectivity index (χ3v) is 4.73. The van der Waals surface area contributed by atoms with Crippen LogP contribution in [-0.2, 0) is 6.42 Å². The lowest BCUT2D eigenvalue weighted by Crippen LogP contribution is -2.26. The molecule has 5 heteroatoms. The van der Waals surface area contributed by atoms with Crippen LogP contribution in [0, 0.1) is 0 Å². The number of para-hydroxylation sites is 1. The molecule has 5 nitrogen and oxygen atoms in total. The van der Waals surface area contributed by atoms with E-state index in [4.69, 9.17) is 4.74 Å². The Kier molecular flexibility index (Phi) is 6.85. The van der Waals surface area contributed by atoms with E-state index in [-0.39, 0.29) is 5.91 Å². The van der Waals surface area contributed by atoms with Crippen LogP contribution in [0.5, 0.6) is 5.75 Å². The smallest absolute Gasteiger partial charge is 0.269 e. The molecule has 0 saturated heterocycles. The topological polar surface area (TPSA) is 63.2 Å². The molecule has 0 fully saturated rings. The fourth-order valence-corrected chi connectivity index (χ4v) is 3.03. The molecule has 0 spiro atoms. The van der Waals surface area contributed by atoms with Crippen molar-refractivity contribution >= 4 is 17.3 Å². The molecular weight excluding hydrogens is 362 g/mol. The summed E-state index contributed by atoms with van der Waals surface area (Å²) in [5.74, 6) is 1.15. The van der Waals surface area contributed by atoms with Crippen LogP contribution in [0.4, 0.5) is 11.4 Å². The van der Waals surface area contributed by atoms with Crippen LogP contribution in [0.15, 0.2) is 66.9 Å². The van der Waals surface area contributed by atoms with E-state index in [1.165, 1.54) is 5.56 Å². The predicted octanol–water partition coefficient (Wildman–Crippen LogP) is 4.93. The number of methoxy groups -OCH3 is 1. The maximum atomic E-state index is 12.3. The molecule has 1 aromatic heterocycles. The number of hydrogen-bond acceptors (Lipinski definition) is 4. The number of rotatable bonds is 8. The minimum atomic E-state index is -0.187. The van der Waals surface area contributed by atoms with E-state index < -0.39 is 0 Å². The van der Waals surface area contributed by atoms with Gasteiger partial charge in [-0.25, -0.2) is 4.98 Å². The lowest BCUT2D eigenvalue weighted by molar-refractivity contribution is 0.0949. The van der Waals surface area contributed by atoms with Crippen molar-refractivity contribution in [2.75, 3.05) is 19.0 Å². The van der Waals surface area contributed by atoms with Gasteiger partial charge in [-0.2, -0.15) is 0 Å². The quantitative estimate of drug-likeness (QED) is 0.573. The van der Waals surface area contributed by atoms with Gasteiger partial charge in [0, 0.05) is 12.2 Å². The molecule has 0 aliphatic heterocycles. The first-order valence-corrected chi connectivity index (χ1v) is 9.80. The fraction of sp³-hybridized carbons (Fsp3) is 0.250. The van der Waals surface area contributed by atoms with Crippen LogP contribution in [0.2, 0.25) is 0 Å². The van der Waals surface area contributed by atoms with Crippen molar-refractivity contribution in [3.63, 3.8) is 0 Å². The number of amides is 1. The number of anilines is 2. The molecule has 3 rings (SSSR count). The number of carbonyl (C=O) groups is 1. The van der Waals surface area contributed by atoms with Gasteiger partial charge in [-0.3, -0.25) is 4.79 Å². The molecule has 0 unspecified atom stereocenters. The van der Waals surface area contributed by atoms with Gasteiger partial charge in [-0.15, -0.1) is 0 Å². The normalized spacial score (nSPS) is 10.6. The molecule has 0 aliphatic rings. The minimum absolute atomic E-state index is 0.187. The third kappa shape index (κ3) is 5.57. The molecule has 0 atom stereocenters. The summed E-state index contributed by atoms with van der Waals surface area (Å²) in [6.45, 7) is 4.86. The Hall–Kier alpha value is -3.34. The highest BCUT2D eigenvalue weighted by Crippen LogP contribution is 2.20. The summed E-state index contributed by atoms with van der Waals surface area (Å²) in [4.78, 5) is 16.6. The molecule has 0 bridgehead atoms. The number of nitrogens with one attached hydrogen (secondary N) is 2. The number of hydrogen-bond donors (Lipinski definition) is 2. The molecule has 2 N–H and O–H groups in total. The van der Waals surface area contributed by atoms with Crippen molar-refractivity contribution in [3.05, 3.63) is 83.7 Å². The SMILES string of the molecule is COc1ccccc1CCNC(=O)c1ccc(Nc2ccc(C(C)C)cc2)cn1. The first-order chi connectivity index (χ1) is 14.1. The van der Waals surface area contributed by atoms with Crippen LogP contribution in [0.25, 0.3) is 0 Å². The Labute approximate surface area is 172 Å². The van der Waals surface area contributed by atoms with E-state index in [2.05, 4.69) is 41.6 Å². The standard InChI is InChI=1S/C24H27N3O2/c1-17(2)18-8-10-20(11-9-18)27-21-12-13-22(26-16-21)24(28)25-15-14-19-6-4-5-7-23(19)29-3/h4-13,16-17,27H,14-15H2,1-3H3,(H,25,28). The first-order valence-electron chi connectivity index (χ1n) is 9.80. The average molecular weight is 389 g/mol. The Morgan fingerprint density at radius 2 is 1.72 bits per heavy atom. The molecule has 1 amide bonds. The second-order valence-electron chi connectivity index (χ2n) is 7.15. The summed E-state index contributed by atoms with van der Waals surface area (Å²) in [5, 5.41) is 6.21. The van der Waals surface area contributed by atoms with Crippen molar-refractivity contribution in [2.24, 2.45) is 0 Å². The number of nitrogens with zero attached hydrogens (tertiary/aromatic N) is 1. The van der Waals surface area contributed by atoms with Crippen LogP contribution in [-0.4, -0.2) is 24.5 Å². The zero-order valence-corrected chi connectivity index (χ0v) is 17.1. The Morgan fingerprint density at radius 3 is 2.38 bits per heavy atom. The van der Waals surface area contributed by atoms with Gasteiger partial charge in [0.25, 0.3) is 5.91 Å². The molecule has 150 valence electrons. The average Bonchev–Trinajstić information content (AvgIpc) is 2.75. The van der Waals surface area contributed by atoms with Crippen LogP contribution in [0.1, 0.15) is 41.4 Å². The molecular formula is C24H27N3O2. The van der Waals surface area contributed by atoms with Crippen molar-refractivity contribution in [3.8, 4) is 5.75 Å². The second-order valence-corrected chi connectivity index (χ2v) is 7.15. The monoisotopic (exact) mass is 389 g/mol. The minimum Gasteiger partial charge on any atom is -0.496 e. The van der Waals surface area contributed by atoms with Crippen molar-refractivity contribution in [1.82, 2.24) is 10.3 Å². The third-order valence-electron chi connectivity index (χ3n) is 4.73. The summed E-state index contributed by atoms with van der Waals surface area (Å²) in [6.07, 6.45) is 2.37. The lowest BCUT2D eigenvalue weighted by atomic mass is 10.0. The van der Waals surface area contributed by atoms with Gasteiger partial charge in [-0.05, 0) is 53.8 Å². The highest BCUT2D eigenvalue weighted by molar-refractivity contribution is 5.92. The van der Waals surface area contributed by atoms with E-state index in [0.29, 0.717) is 24.6 Å². The summed E-state index contributed by atoms with van der Waals surface area (Å²) >= 11 is 0. The van der Waals surface area contributed by atoms with Crippen molar-refractivity contribution < 1.29 is 9.53 Å². The van der Waals surface area contributed by atoms with E-state index in [9.17, 15) is 4.79 Å². The maximum Gasteiger partial charge on any atom is 0.269 e. The van der Waals surface area contributed by atoms with Crippen LogP contribution < -0.4 is 15.4 Å². The van der Waals surface area contributed by atoms with Crippen LogP contribution >= 0.6 is 0 Å². The molecule has 1 heterocycles. The van der Waals surface area contributed by atoms with E-state index in [1.807, 2.05) is 42.5 Å². The highest BCUT2D eigenvalue weighted by atomic mass is 16.5. The fourth-order valence-electron chi connectivity index (χ4n) is 3.03. The number of benzene rings is 2. The van der Waals surface area contributed by atoms with E-state index >= 15 is 0 Å². The largest absolute Gasteiger partial charge is 0.496 e. The summed E-state index contributed by atoms with van der Waals surface area (Å²) < 4.78 is 5.34. The van der Waals surface area contributed by atoms with Gasteiger partial charge >= 0.3 is 0 Å². The maximum absolute atomic E-state index is 12.3. The van der Waals surface area contributed by atoms with Gasteiger partial charge in [-0.1, -0.05) is 44.2 Å². The van der Waals surface area contributed by atoms with Gasteiger partial charge in [0.1, 0.15) is 11.4 Å².